The van der Waals surface area contributed by atoms with Crippen molar-refractivity contribution in [2.24, 2.45) is 0 Å². The highest BCUT2D eigenvalue weighted by Crippen LogP contribution is 2.12. The first kappa shape index (κ1) is 9.05. The summed E-state index contributed by atoms with van der Waals surface area (Å²) < 4.78 is 3.81. The lowest BCUT2D eigenvalue weighted by atomic mass is 10.1. The molecule has 1 aliphatic heterocycles. The largest absolute Gasteiger partial charge is 0.392 e. The summed E-state index contributed by atoms with van der Waals surface area (Å²) in [6.45, 7) is 2.67. The topological polar surface area (TPSA) is 49.2 Å². The smallest absolute Gasteiger partial charge is 0.0895 e. The molecule has 0 radical (unpaired) electrons. The summed E-state index contributed by atoms with van der Waals surface area (Å²) in [7, 11) is 0. The molecular formula is C8H13N3OS. The summed E-state index contributed by atoms with van der Waals surface area (Å²) in [5.74, 6) is 0. The van der Waals surface area contributed by atoms with Crippen molar-refractivity contribution in [2.45, 2.75) is 25.5 Å². The van der Waals surface area contributed by atoms with Gasteiger partial charge >= 0.3 is 0 Å². The highest BCUT2D eigenvalue weighted by atomic mass is 32.1. The summed E-state index contributed by atoms with van der Waals surface area (Å²) in [5.41, 5.74) is 1.01. The maximum atomic E-state index is 9.43. The Bertz CT molecular complexity index is 252. The summed E-state index contributed by atoms with van der Waals surface area (Å²) in [4.78, 5) is 2.23. The Kier molecular flexibility index (Phi) is 2.87. The molecule has 1 saturated heterocycles. The average Bonchev–Trinajstić information content (AvgIpc) is 2.57. The fourth-order valence-electron chi connectivity index (χ4n) is 1.66. The third-order valence-electron chi connectivity index (χ3n) is 2.27. The van der Waals surface area contributed by atoms with Crippen LogP contribution in [0.3, 0.4) is 0 Å². The van der Waals surface area contributed by atoms with Crippen molar-refractivity contribution in [3.63, 3.8) is 0 Å². The lowest BCUT2D eigenvalue weighted by Crippen LogP contribution is -2.37. The Morgan fingerprint density at radius 3 is 3.31 bits per heavy atom. The van der Waals surface area contributed by atoms with E-state index in [0.717, 1.165) is 38.2 Å². The molecule has 13 heavy (non-hydrogen) atoms. The molecular weight excluding hydrogens is 186 g/mol. The van der Waals surface area contributed by atoms with E-state index in [1.54, 1.807) is 0 Å². The third kappa shape index (κ3) is 2.46. The molecule has 0 aromatic carbocycles. The lowest BCUT2D eigenvalue weighted by Gasteiger charge is -2.28. The van der Waals surface area contributed by atoms with E-state index in [2.05, 4.69) is 14.5 Å². The minimum Gasteiger partial charge on any atom is -0.392 e. The first-order valence-corrected chi connectivity index (χ1v) is 5.34. The van der Waals surface area contributed by atoms with Crippen molar-refractivity contribution in [1.29, 1.82) is 0 Å². The van der Waals surface area contributed by atoms with E-state index in [1.165, 1.54) is 11.5 Å². The number of aromatic nitrogens is 2. The van der Waals surface area contributed by atoms with Crippen LogP contribution in [-0.2, 0) is 6.54 Å². The summed E-state index contributed by atoms with van der Waals surface area (Å²) in [6.07, 6.45) is 1.87. The van der Waals surface area contributed by atoms with Crippen molar-refractivity contribution in [2.75, 3.05) is 13.1 Å². The predicted octanol–water partition coefficient (Wildman–Crippen LogP) is 0.495. The van der Waals surface area contributed by atoms with Crippen LogP contribution in [0, 0.1) is 0 Å². The van der Waals surface area contributed by atoms with Gasteiger partial charge in [-0.25, -0.2) is 0 Å². The molecule has 0 bridgehead atoms. The van der Waals surface area contributed by atoms with Gasteiger partial charge in [0.1, 0.15) is 0 Å². The maximum Gasteiger partial charge on any atom is 0.0895 e. The van der Waals surface area contributed by atoms with Gasteiger partial charge in [-0.2, -0.15) is 0 Å². The first-order chi connectivity index (χ1) is 6.34. The number of aliphatic hydroxyl groups excluding tert-OH is 1. The molecule has 1 fully saturated rings. The monoisotopic (exact) mass is 199 g/mol. The maximum absolute atomic E-state index is 9.43. The Hall–Kier alpha value is -0.520. The third-order valence-corrected chi connectivity index (χ3v) is 2.82. The molecule has 1 aliphatic rings. The lowest BCUT2D eigenvalue weighted by molar-refractivity contribution is 0.0662. The summed E-state index contributed by atoms with van der Waals surface area (Å²) in [5, 5.41) is 15.4. The van der Waals surface area contributed by atoms with Gasteiger partial charge in [0.15, 0.2) is 0 Å². The van der Waals surface area contributed by atoms with Crippen LogP contribution in [0.1, 0.15) is 18.5 Å². The van der Waals surface area contributed by atoms with Crippen LogP contribution in [0.4, 0.5) is 0 Å². The van der Waals surface area contributed by atoms with Gasteiger partial charge in [-0.1, -0.05) is 4.49 Å². The van der Waals surface area contributed by atoms with E-state index in [4.69, 9.17) is 0 Å². The van der Waals surface area contributed by atoms with Crippen LogP contribution in [0.2, 0.25) is 0 Å². The van der Waals surface area contributed by atoms with Crippen molar-refractivity contribution in [1.82, 2.24) is 14.5 Å². The highest BCUT2D eigenvalue weighted by Gasteiger charge is 2.17. The zero-order chi connectivity index (χ0) is 9.10. The molecule has 2 rings (SSSR count). The first-order valence-electron chi connectivity index (χ1n) is 4.51. The number of aliphatic hydroxyl groups is 1. The normalized spacial score (nSPS) is 24.8. The quantitative estimate of drug-likeness (QED) is 0.753. The fraction of sp³-hybridized carbons (Fsp3) is 0.750. The van der Waals surface area contributed by atoms with E-state index < -0.39 is 0 Å². The number of piperidine rings is 1. The molecule has 1 aromatic heterocycles. The molecule has 0 aliphatic carbocycles. The molecule has 0 amide bonds. The number of nitrogens with zero attached hydrogens (tertiary/aromatic N) is 3. The fourth-order valence-corrected chi connectivity index (χ4v) is 2.10. The SMILES string of the molecule is O[C@H]1CCCN(Cc2csnn2)C1. The molecule has 0 unspecified atom stereocenters. The number of hydrogen-bond donors (Lipinski definition) is 1. The Balaban J connectivity index is 1.87. The van der Waals surface area contributed by atoms with E-state index in [1.807, 2.05) is 5.38 Å². The minimum absolute atomic E-state index is 0.152. The van der Waals surface area contributed by atoms with E-state index in [9.17, 15) is 5.11 Å². The Morgan fingerprint density at radius 2 is 2.62 bits per heavy atom. The van der Waals surface area contributed by atoms with Crippen LogP contribution in [0.25, 0.3) is 0 Å². The molecule has 4 nitrogen and oxygen atoms in total. The van der Waals surface area contributed by atoms with E-state index in [0.29, 0.717) is 0 Å². The van der Waals surface area contributed by atoms with Crippen LogP contribution in [-0.4, -0.2) is 38.8 Å². The average molecular weight is 199 g/mol. The van der Waals surface area contributed by atoms with Crippen LogP contribution < -0.4 is 0 Å². The molecule has 0 saturated carbocycles. The number of rotatable bonds is 2. The van der Waals surface area contributed by atoms with Crippen LogP contribution >= 0.6 is 11.5 Å². The summed E-state index contributed by atoms with van der Waals surface area (Å²) in [6, 6.07) is 0. The van der Waals surface area contributed by atoms with Gasteiger partial charge in [-0.05, 0) is 30.9 Å². The van der Waals surface area contributed by atoms with Crippen molar-refractivity contribution in [3.05, 3.63) is 11.1 Å². The predicted molar refractivity (Wildman–Crippen MR) is 50.4 cm³/mol. The number of β-amino-alcohol motifs (C(OH)–C–C–N with tert-alkyl or cyclic N) is 1. The molecule has 0 spiro atoms. The zero-order valence-electron chi connectivity index (χ0n) is 7.39. The number of hydrogen-bond acceptors (Lipinski definition) is 5. The molecule has 1 atom stereocenters. The Labute approximate surface area is 81.4 Å². The molecule has 5 heteroatoms. The van der Waals surface area contributed by atoms with Gasteiger partial charge in [0, 0.05) is 18.5 Å². The second kappa shape index (κ2) is 4.13. The second-order valence-corrected chi connectivity index (χ2v) is 4.04. The second-order valence-electron chi connectivity index (χ2n) is 3.43. The van der Waals surface area contributed by atoms with Crippen LogP contribution in [0.15, 0.2) is 5.38 Å². The van der Waals surface area contributed by atoms with Crippen molar-refractivity contribution >= 4 is 11.5 Å². The molecule has 72 valence electrons. The van der Waals surface area contributed by atoms with E-state index >= 15 is 0 Å². The standard InChI is InChI=1S/C8H13N3OS/c12-8-2-1-3-11(5-8)4-7-6-13-10-9-7/h6,8,12H,1-5H2/t8-/m0/s1. The Morgan fingerprint density at radius 1 is 1.69 bits per heavy atom. The van der Waals surface area contributed by atoms with Gasteiger partial charge in [0.25, 0.3) is 0 Å². The van der Waals surface area contributed by atoms with Crippen molar-refractivity contribution < 1.29 is 5.11 Å². The van der Waals surface area contributed by atoms with Crippen molar-refractivity contribution in [3.8, 4) is 0 Å². The van der Waals surface area contributed by atoms with Gasteiger partial charge < -0.3 is 5.11 Å². The minimum atomic E-state index is -0.152. The van der Waals surface area contributed by atoms with Gasteiger partial charge in [-0.3, -0.25) is 4.90 Å². The van der Waals surface area contributed by atoms with Gasteiger partial charge in [0.2, 0.25) is 0 Å². The van der Waals surface area contributed by atoms with Crippen LogP contribution in [0.5, 0.6) is 0 Å². The zero-order valence-corrected chi connectivity index (χ0v) is 8.20. The summed E-state index contributed by atoms with van der Waals surface area (Å²) >= 11 is 1.38. The molecule has 2 heterocycles. The molecule has 1 N–H and O–H groups in total. The van der Waals surface area contributed by atoms with Gasteiger partial charge in [-0.15, -0.1) is 5.10 Å². The van der Waals surface area contributed by atoms with E-state index in [-0.39, 0.29) is 6.10 Å². The van der Waals surface area contributed by atoms with Gasteiger partial charge in [0.05, 0.1) is 11.8 Å². The number of likely N-dealkylation sites (tertiary alicyclic amines) is 1. The molecule has 1 aromatic rings. The highest BCUT2D eigenvalue weighted by molar-refractivity contribution is 7.03.